The van der Waals surface area contributed by atoms with Gasteiger partial charge in [0.1, 0.15) is 5.82 Å². The summed E-state index contributed by atoms with van der Waals surface area (Å²) in [4.78, 5) is 11.6. The minimum atomic E-state index is -0.292. The monoisotopic (exact) mass is 238 g/mol. The zero-order valence-corrected chi connectivity index (χ0v) is 9.69. The van der Waals surface area contributed by atoms with Crippen LogP contribution in [0.15, 0.2) is 24.3 Å². The highest BCUT2D eigenvalue weighted by atomic mass is 19.1. The summed E-state index contributed by atoms with van der Waals surface area (Å²) in [6.07, 6.45) is 0.755. The SMILES string of the molecule is COC(=O)[C@@H]1COCCC1c1ccc(F)cc1. The molecule has 2 rings (SSSR count). The van der Waals surface area contributed by atoms with E-state index in [2.05, 4.69) is 0 Å². The second kappa shape index (κ2) is 5.27. The van der Waals surface area contributed by atoms with Crippen LogP contribution in [0.4, 0.5) is 4.39 Å². The Hall–Kier alpha value is -1.42. The molecule has 1 heterocycles. The summed E-state index contributed by atoms with van der Waals surface area (Å²) in [5.74, 6) is -0.773. The first-order chi connectivity index (χ1) is 8.22. The number of methoxy groups -OCH3 is 1. The van der Waals surface area contributed by atoms with E-state index in [0.717, 1.165) is 12.0 Å². The van der Waals surface area contributed by atoms with Crippen LogP contribution in [-0.2, 0) is 14.3 Å². The number of hydrogen-bond acceptors (Lipinski definition) is 3. The van der Waals surface area contributed by atoms with Gasteiger partial charge in [-0.05, 0) is 24.1 Å². The zero-order valence-electron chi connectivity index (χ0n) is 9.69. The predicted molar refractivity (Wildman–Crippen MR) is 60.1 cm³/mol. The molecule has 0 bridgehead atoms. The fourth-order valence-electron chi connectivity index (χ4n) is 2.23. The first-order valence-corrected chi connectivity index (χ1v) is 5.63. The fourth-order valence-corrected chi connectivity index (χ4v) is 2.23. The molecule has 92 valence electrons. The van der Waals surface area contributed by atoms with Crippen molar-refractivity contribution in [3.63, 3.8) is 0 Å². The molecule has 0 N–H and O–H groups in total. The lowest BCUT2D eigenvalue weighted by atomic mass is 9.83. The number of benzene rings is 1. The van der Waals surface area contributed by atoms with E-state index in [1.165, 1.54) is 19.2 Å². The summed E-state index contributed by atoms with van der Waals surface area (Å²) in [5.41, 5.74) is 0.963. The molecule has 1 aliphatic heterocycles. The molecule has 0 spiro atoms. The number of carbonyl (C=O) groups excluding carboxylic acids is 1. The molecular weight excluding hydrogens is 223 g/mol. The lowest BCUT2D eigenvalue weighted by Gasteiger charge is -2.29. The quantitative estimate of drug-likeness (QED) is 0.740. The van der Waals surface area contributed by atoms with Crippen molar-refractivity contribution >= 4 is 5.97 Å². The van der Waals surface area contributed by atoms with E-state index in [9.17, 15) is 9.18 Å². The first-order valence-electron chi connectivity index (χ1n) is 5.63. The van der Waals surface area contributed by atoms with Crippen LogP contribution in [0.2, 0.25) is 0 Å². The summed E-state index contributed by atoms with van der Waals surface area (Å²) in [7, 11) is 1.37. The number of halogens is 1. The summed E-state index contributed by atoms with van der Waals surface area (Å²) >= 11 is 0. The van der Waals surface area contributed by atoms with Crippen molar-refractivity contribution in [3.05, 3.63) is 35.6 Å². The van der Waals surface area contributed by atoms with Crippen LogP contribution in [0, 0.1) is 11.7 Å². The van der Waals surface area contributed by atoms with Crippen LogP contribution in [0.3, 0.4) is 0 Å². The Morgan fingerprint density at radius 3 is 2.76 bits per heavy atom. The Labute approximate surface area is 99.5 Å². The fraction of sp³-hybridized carbons (Fsp3) is 0.462. The second-order valence-corrected chi connectivity index (χ2v) is 4.15. The maximum absolute atomic E-state index is 12.9. The Morgan fingerprint density at radius 2 is 2.12 bits per heavy atom. The van der Waals surface area contributed by atoms with E-state index < -0.39 is 0 Å². The highest BCUT2D eigenvalue weighted by molar-refractivity contribution is 5.73. The third kappa shape index (κ3) is 2.64. The number of carbonyl (C=O) groups is 1. The minimum Gasteiger partial charge on any atom is -0.469 e. The number of esters is 1. The Bertz CT molecular complexity index is 388. The molecule has 1 aromatic carbocycles. The van der Waals surface area contributed by atoms with Gasteiger partial charge in [0.15, 0.2) is 0 Å². The summed E-state index contributed by atoms with van der Waals surface area (Å²) in [6.45, 7) is 0.990. The topological polar surface area (TPSA) is 35.5 Å². The maximum Gasteiger partial charge on any atom is 0.311 e. The number of ether oxygens (including phenoxy) is 2. The highest BCUT2D eigenvalue weighted by Crippen LogP contribution is 2.32. The van der Waals surface area contributed by atoms with Crippen LogP contribution in [0.1, 0.15) is 17.9 Å². The van der Waals surface area contributed by atoms with Crippen molar-refractivity contribution in [2.45, 2.75) is 12.3 Å². The molecule has 0 amide bonds. The molecule has 1 saturated heterocycles. The van der Waals surface area contributed by atoms with Crippen molar-refractivity contribution in [1.82, 2.24) is 0 Å². The Kier molecular flexibility index (Phi) is 3.74. The molecule has 0 radical (unpaired) electrons. The van der Waals surface area contributed by atoms with Crippen molar-refractivity contribution in [2.24, 2.45) is 5.92 Å². The number of rotatable bonds is 2. The molecule has 1 aliphatic rings. The first kappa shape index (κ1) is 12.0. The molecule has 0 aromatic heterocycles. The standard InChI is InChI=1S/C13H15FO3/c1-16-13(15)12-8-17-7-6-11(12)9-2-4-10(14)5-3-9/h2-5,11-12H,6-8H2,1H3/t11?,12-/m1/s1. The van der Waals surface area contributed by atoms with Gasteiger partial charge in [-0.3, -0.25) is 4.79 Å². The lowest BCUT2D eigenvalue weighted by molar-refractivity contribution is -0.150. The van der Waals surface area contributed by atoms with Crippen molar-refractivity contribution < 1.29 is 18.7 Å². The number of hydrogen-bond donors (Lipinski definition) is 0. The Morgan fingerprint density at radius 1 is 1.41 bits per heavy atom. The second-order valence-electron chi connectivity index (χ2n) is 4.15. The Balaban J connectivity index is 2.21. The molecule has 17 heavy (non-hydrogen) atoms. The van der Waals surface area contributed by atoms with Gasteiger partial charge in [0.25, 0.3) is 0 Å². The van der Waals surface area contributed by atoms with Gasteiger partial charge >= 0.3 is 5.97 Å². The molecule has 0 saturated carbocycles. The summed E-state index contributed by atoms with van der Waals surface area (Å²) < 4.78 is 22.9. The smallest absolute Gasteiger partial charge is 0.311 e. The van der Waals surface area contributed by atoms with E-state index >= 15 is 0 Å². The molecular formula is C13H15FO3. The van der Waals surface area contributed by atoms with Crippen LogP contribution in [0.25, 0.3) is 0 Å². The van der Waals surface area contributed by atoms with Gasteiger partial charge in [0.05, 0.1) is 19.6 Å². The molecule has 0 aliphatic carbocycles. The van der Waals surface area contributed by atoms with Crippen LogP contribution < -0.4 is 0 Å². The third-order valence-corrected chi connectivity index (χ3v) is 3.16. The van der Waals surface area contributed by atoms with Crippen LogP contribution in [0.5, 0.6) is 0 Å². The van der Waals surface area contributed by atoms with E-state index in [4.69, 9.17) is 9.47 Å². The van der Waals surface area contributed by atoms with E-state index in [1.807, 2.05) is 0 Å². The van der Waals surface area contributed by atoms with E-state index in [-0.39, 0.29) is 23.6 Å². The zero-order chi connectivity index (χ0) is 12.3. The van der Waals surface area contributed by atoms with Gasteiger partial charge < -0.3 is 9.47 Å². The molecule has 1 aromatic rings. The predicted octanol–water partition coefficient (Wildman–Crippen LogP) is 2.12. The lowest BCUT2D eigenvalue weighted by Crippen LogP contribution is -2.33. The molecule has 1 fully saturated rings. The van der Waals surface area contributed by atoms with Gasteiger partial charge in [-0.25, -0.2) is 4.39 Å². The van der Waals surface area contributed by atoms with Gasteiger partial charge in [0, 0.05) is 12.5 Å². The molecule has 2 atom stereocenters. The van der Waals surface area contributed by atoms with Gasteiger partial charge in [0.2, 0.25) is 0 Å². The average Bonchev–Trinajstić information content (AvgIpc) is 2.39. The normalized spacial score (nSPS) is 24.4. The maximum atomic E-state index is 12.9. The van der Waals surface area contributed by atoms with Crippen LogP contribution in [-0.4, -0.2) is 26.3 Å². The van der Waals surface area contributed by atoms with Gasteiger partial charge in [-0.15, -0.1) is 0 Å². The summed E-state index contributed by atoms with van der Waals surface area (Å²) in [5, 5.41) is 0. The van der Waals surface area contributed by atoms with E-state index in [0.29, 0.717) is 13.2 Å². The van der Waals surface area contributed by atoms with Gasteiger partial charge in [-0.1, -0.05) is 12.1 Å². The summed E-state index contributed by atoms with van der Waals surface area (Å²) in [6, 6.07) is 6.28. The third-order valence-electron chi connectivity index (χ3n) is 3.16. The van der Waals surface area contributed by atoms with Gasteiger partial charge in [-0.2, -0.15) is 0 Å². The molecule has 4 heteroatoms. The van der Waals surface area contributed by atoms with Crippen molar-refractivity contribution in [2.75, 3.05) is 20.3 Å². The molecule has 3 nitrogen and oxygen atoms in total. The van der Waals surface area contributed by atoms with Crippen LogP contribution >= 0.6 is 0 Å². The highest BCUT2D eigenvalue weighted by Gasteiger charge is 2.33. The minimum absolute atomic E-state index is 0.0526. The van der Waals surface area contributed by atoms with E-state index in [1.54, 1.807) is 12.1 Å². The van der Waals surface area contributed by atoms with Crippen molar-refractivity contribution in [3.8, 4) is 0 Å². The largest absolute Gasteiger partial charge is 0.469 e. The van der Waals surface area contributed by atoms with Crippen molar-refractivity contribution in [1.29, 1.82) is 0 Å². The molecule has 1 unspecified atom stereocenters. The average molecular weight is 238 g/mol.